The lowest BCUT2D eigenvalue weighted by atomic mass is 10.5. The minimum atomic E-state index is -4.53. The Labute approximate surface area is 70.0 Å². The van der Waals surface area contributed by atoms with Crippen LogP contribution in [0, 0.1) is 0 Å². The molecule has 0 heterocycles. The lowest BCUT2D eigenvalue weighted by molar-refractivity contribution is -0.155. The van der Waals surface area contributed by atoms with Crippen LogP contribution in [0.1, 0.15) is 0 Å². The molecule has 0 unspecified atom stereocenters. The van der Waals surface area contributed by atoms with E-state index in [1.165, 1.54) is 0 Å². The van der Waals surface area contributed by atoms with Crippen LogP contribution in [-0.2, 0) is 9.53 Å². The molecule has 0 atom stereocenters. The Balaban J connectivity index is 3.69. The maximum absolute atomic E-state index is 11.4. The van der Waals surface area contributed by atoms with Crippen molar-refractivity contribution in [2.24, 2.45) is 0 Å². The molecule has 13 heavy (non-hydrogen) atoms. The summed E-state index contributed by atoms with van der Waals surface area (Å²) >= 11 is 0. The van der Waals surface area contributed by atoms with Crippen molar-refractivity contribution in [3.8, 4) is 0 Å². The number of carbonyl (C=O) groups excluding carboxylic acids is 1. The van der Waals surface area contributed by atoms with Gasteiger partial charge in [-0.3, -0.25) is 0 Å². The molecular formula is C6H5F5O2. The molecule has 0 bridgehead atoms. The minimum absolute atomic E-state index is 0.203. The summed E-state index contributed by atoms with van der Waals surface area (Å²) in [6.45, 7) is -0.817. The largest absolute Gasteiger partial charge is 0.457 e. The maximum atomic E-state index is 11.4. The molecule has 0 aromatic heterocycles. The van der Waals surface area contributed by atoms with E-state index in [2.05, 4.69) is 4.74 Å². The number of esters is 1. The van der Waals surface area contributed by atoms with Crippen LogP contribution in [0.5, 0.6) is 0 Å². The average Bonchev–Trinajstić information content (AvgIpc) is 1.95. The summed E-state index contributed by atoms with van der Waals surface area (Å²) < 4.78 is 60.6. The van der Waals surface area contributed by atoms with Crippen LogP contribution >= 0.6 is 0 Å². The molecule has 0 aromatic rings. The van der Waals surface area contributed by atoms with E-state index in [-0.39, 0.29) is 6.08 Å². The zero-order valence-corrected chi connectivity index (χ0v) is 6.15. The first-order chi connectivity index (χ1) is 5.83. The van der Waals surface area contributed by atoms with Crippen molar-refractivity contribution < 1.29 is 31.5 Å². The standard InChI is InChI=1S/C6H5F5O2/c7-4(8)5(12)13-3-1-2-6(9,10)11/h1-2,4H,3H2. The van der Waals surface area contributed by atoms with Gasteiger partial charge in [-0.2, -0.15) is 22.0 Å². The van der Waals surface area contributed by atoms with Crippen molar-refractivity contribution in [3.05, 3.63) is 12.2 Å². The lowest BCUT2D eigenvalue weighted by Crippen LogP contribution is -2.14. The van der Waals surface area contributed by atoms with Gasteiger partial charge in [0.25, 0.3) is 0 Å². The first-order valence-corrected chi connectivity index (χ1v) is 3.02. The first-order valence-electron chi connectivity index (χ1n) is 3.02. The van der Waals surface area contributed by atoms with Crippen molar-refractivity contribution in [1.82, 2.24) is 0 Å². The summed E-state index contributed by atoms with van der Waals surface area (Å²) in [5, 5.41) is 0. The summed E-state index contributed by atoms with van der Waals surface area (Å²) in [6.07, 6.45) is -7.62. The molecule has 0 saturated heterocycles. The third kappa shape index (κ3) is 7.23. The van der Waals surface area contributed by atoms with Crippen LogP contribution < -0.4 is 0 Å². The second-order valence-corrected chi connectivity index (χ2v) is 1.87. The van der Waals surface area contributed by atoms with Crippen molar-refractivity contribution in [2.75, 3.05) is 6.61 Å². The number of halogens is 5. The average molecular weight is 204 g/mol. The topological polar surface area (TPSA) is 26.3 Å². The maximum Gasteiger partial charge on any atom is 0.409 e. The van der Waals surface area contributed by atoms with Crippen molar-refractivity contribution in [3.63, 3.8) is 0 Å². The number of allylic oxidation sites excluding steroid dienone is 1. The van der Waals surface area contributed by atoms with Crippen molar-refractivity contribution in [2.45, 2.75) is 12.6 Å². The van der Waals surface area contributed by atoms with Crippen LogP contribution in [0.3, 0.4) is 0 Å². The van der Waals surface area contributed by atoms with Gasteiger partial charge in [-0.05, 0) is 6.08 Å². The molecule has 0 amide bonds. The first kappa shape index (κ1) is 11.9. The molecule has 0 aliphatic carbocycles. The highest BCUT2D eigenvalue weighted by molar-refractivity contribution is 5.72. The number of rotatable bonds is 3. The van der Waals surface area contributed by atoms with E-state index >= 15 is 0 Å². The summed E-state index contributed by atoms with van der Waals surface area (Å²) in [5.41, 5.74) is 0. The van der Waals surface area contributed by atoms with Gasteiger partial charge in [0.05, 0.1) is 0 Å². The third-order valence-corrected chi connectivity index (χ3v) is 0.807. The quantitative estimate of drug-likeness (QED) is 0.398. The van der Waals surface area contributed by atoms with Gasteiger partial charge < -0.3 is 4.74 Å². The van der Waals surface area contributed by atoms with Gasteiger partial charge in [0.2, 0.25) is 0 Å². The number of ether oxygens (including phenoxy) is 1. The number of alkyl halides is 5. The Hall–Kier alpha value is -1.14. The normalized spacial score (nSPS) is 12.5. The molecule has 0 rings (SSSR count). The summed E-state index contributed by atoms with van der Waals surface area (Å²) in [5.74, 6) is -1.84. The molecule has 0 saturated carbocycles. The molecule has 2 nitrogen and oxygen atoms in total. The minimum Gasteiger partial charge on any atom is -0.457 e. The van der Waals surface area contributed by atoms with Crippen LogP contribution in [0.2, 0.25) is 0 Å². The van der Waals surface area contributed by atoms with Gasteiger partial charge in [-0.1, -0.05) is 0 Å². The lowest BCUT2D eigenvalue weighted by Gasteiger charge is -2.00. The van der Waals surface area contributed by atoms with E-state index in [4.69, 9.17) is 0 Å². The molecule has 0 radical (unpaired) electrons. The molecule has 7 heteroatoms. The van der Waals surface area contributed by atoms with Crippen LogP contribution in [0.4, 0.5) is 22.0 Å². The second kappa shape index (κ2) is 4.78. The SMILES string of the molecule is O=C(OCC=CC(F)(F)F)C(F)F. The zero-order chi connectivity index (χ0) is 10.5. The van der Waals surface area contributed by atoms with Crippen molar-refractivity contribution >= 4 is 5.97 Å². The van der Waals surface area contributed by atoms with Crippen molar-refractivity contribution in [1.29, 1.82) is 0 Å². The van der Waals surface area contributed by atoms with Gasteiger partial charge in [-0.25, -0.2) is 4.79 Å². The van der Waals surface area contributed by atoms with Gasteiger partial charge in [-0.15, -0.1) is 0 Å². The summed E-state index contributed by atoms with van der Waals surface area (Å²) in [4.78, 5) is 9.98. The fourth-order valence-electron chi connectivity index (χ4n) is 0.375. The highest BCUT2D eigenvalue weighted by atomic mass is 19.4. The number of hydrogen-bond acceptors (Lipinski definition) is 2. The Morgan fingerprint density at radius 3 is 2.31 bits per heavy atom. The Kier molecular flexibility index (Phi) is 4.36. The van der Waals surface area contributed by atoms with Gasteiger partial charge >= 0.3 is 18.6 Å². The second-order valence-electron chi connectivity index (χ2n) is 1.87. The molecule has 76 valence electrons. The fourth-order valence-corrected chi connectivity index (χ4v) is 0.375. The summed E-state index contributed by atoms with van der Waals surface area (Å²) in [7, 11) is 0. The van der Waals surface area contributed by atoms with Gasteiger partial charge in [0, 0.05) is 6.08 Å². The zero-order valence-electron chi connectivity index (χ0n) is 6.15. The van der Waals surface area contributed by atoms with Gasteiger partial charge in [0.1, 0.15) is 6.61 Å². The Bertz CT molecular complexity index is 196. The molecule has 0 aromatic carbocycles. The van der Waals surface area contributed by atoms with E-state index in [0.717, 1.165) is 0 Å². The third-order valence-electron chi connectivity index (χ3n) is 0.807. The molecule has 0 fully saturated rings. The Morgan fingerprint density at radius 1 is 1.38 bits per heavy atom. The predicted molar refractivity (Wildman–Crippen MR) is 32.2 cm³/mol. The van der Waals surface area contributed by atoms with E-state index < -0.39 is 25.2 Å². The summed E-state index contributed by atoms with van der Waals surface area (Å²) in [6, 6.07) is 0. The van der Waals surface area contributed by atoms with Crippen LogP contribution in [0.25, 0.3) is 0 Å². The number of carbonyl (C=O) groups is 1. The molecule has 0 N–H and O–H groups in total. The van der Waals surface area contributed by atoms with E-state index in [9.17, 15) is 26.7 Å². The molecular weight excluding hydrogens is 199 g/mol. The van der Waals surface area contributed by atoms with Gasteiger partial charge in [0.15, 0.2) is 0 Å². The monoisotopic (exact) mass is 204 g/mol. The molecule has 0 aliphatic rings. The molecule has 0 spiro atoms. The Morgan fingerprint density at radius 2 is 1.92 bits per heavy atom. The fraction of sp³-hybridized carbons (Fsp3) is 0.500. The highest BCUT2D eigenvalue weighted by Gasteiger charge is 2.22. The predicted octanol–water partition coefficient (Wildman–Crippen LogP) is 1.91. The van der Waals surface area contributed by atoms with E-state index in [1.807, 2.05) is 0 Å². The van der Waals surface area contributed by atoms with Crippen LogP contribution in [-0.4, -0.2) is 25.2 Å². The molecule has 0 aliphatic heterocycles. The van der Waals surface area contributed by atoms with Crippen LogP contribution in [0.15, 0.2) is 12.2 Å². The number of hydrogen-bond donors (Lipinski definition) is 0. The smallest absolute Gasteiger partial charge is 0.409 e. The van der Waals surface area contributed by atoms with E-state index in [0.29, 0.717) is 6.08 Å². The highest BCUT2D eigenvalue weighted by Crippen LogP contribution is 2.15. The van der Waals surface area contributed by atoms with E-state index in [1.54, 1.807) is 0 Å².